The molecule has 2 aromatic rings. The van der Waals surface area contributed by atoms with Gasteiger partial charge in [-0.25, -0.2) is 4.98 Å². The van der Waals surface area contributed by atoms with E-state index in [1.165, 1.54) is 11.1 Å². The van der Waals surface area contributed by atoms with Crippen LogP contribution in [0.5, 0.6) is 0 Å². The Morgan fingerprint density at radius 2 is 1.52 bits per heavy atom. The molecule has 0 atom stereocenters. The van der Waals surface area contributed by atoms with Crippen molar-refractivity contribution >= 4 is 17.5 Å². The summed E-state index contributed by atoms with van der Waals surface area (Å²) in [5.74, 6) is 1.63. The van der Waals surface area contributed by atoms with E-state index in [2.05, 4.69) is 66.1 Å². The van der Waals surface area contributed by atoms with E-state index >= 15 is 0 Å². The van der Waals surface area contributed by atoms with Crippen LogP contribution in [0.3, 0.4) is 0 Å². The fraction of sp³-hybridized carbons (Fsp3) is 0.412. The third-order valence-corrected chi connectivity index (χ3v) is 3.38. The number of nitrogens with one attached hydrogen (secondary N) is 1. The molecule has 4 heteroatoms. The molecule has 4 nitrogen and oxygen atoms in total. The molecule has 0 aliphatic rings. The molecule has 0 saturated heterocycles. The fourth-order valence-electron chi connectivity index (χ4n) is 2.46. The maximum atomic E-state index is 4.63. The van der Waals surface area contributed by atoms with Gasteiger partial charge in [0.2, 0.25) is 5.95 Å². The van der Waals surface area contributed by atoms with Crippen LogP contribution in [0.15, 0.2) is 24.3 Å². The molecule has 0 amide bonds. The van der Waals surface area contributed by atoms with E-state index in [4.69, 9.17) is 0 Å². The Morgan fingerprint density at radius 3 is 2.10 bits per heavy atom. The second-order valence-corrected chi connectivity index (χ2v) is 5.37. The summed E-state index contributed by atoms with van der Waals surface area (Å²) in [6, 6.07) is 8.39. The van der Waals surface area contributed by atoms with Gasteiger partial charge >= 0.3 is 0 Å². The van der Waals surface area contributed by atoms with E-state index in [1.807, 2.05) is 13.0 Å². The molecule has 0 fully saturated rings. The second-order valence-electron chi connectivity index (χ2n) is 5.37. The minimum absolute atomic E-state index is 0.784. The Morgan fingerprint density at radius 1 is 0.905 bits per heavy atom. The molecule has 112 valence electrons. The number of nitrogens with zero attached hydrogens (tertiary/aromatic N) is 3. The quantitative estimate of drug-likeness (QED) is 0.901. The van der Waals surface area contributed by atoms with Crippen LogP contribution in [0.25, 0.3) is 0 Å². The first-order valence-electron chi connectivity index (χ1n) is 7.47. The largest absolute Gasteiger partial charge is 0.341 e. The molecule has 0 saturated carbocycles. The van der Waals surface area contributed by atoms with Crippen LogP contribution in [0.1, 0.15) is 30.7 Å². The van der Waals surface area contributed by atoms with Gasteiger partial charge in [0.1, 0.15) is 5.82 Å². The lowest BCUT2D eigenvalue weighted by atomic mass is 10.1. The number of hydrogen-bond acceptors (Lipinski definition) is 4. The third-order valence-electron chi connectivity index (χ3n) is 3.38. The molecule has 21 heavy (non-hydrogen) atoms. The predicted octanol–water partition coefficient (Wildman–Crippen LogP) is 3.99. The average molecular weight is 284 g/mol. The molecular formula is C17H24N4. The SMILES string of the molecule is CCN(CC)c1nc(C)cc(Nc2cc(C)cc(C)c2)n1. The first-order valence-corrected chi connectivity index (χ1v) is 7.47. The maximum Gasteiger partial charge on any atom is 0.227 e. The number of anilines is 3. The predicted molar refractivity (Wildman–Crippen MR) is 89.5 cm³/mol. The lowest BCUT2D eigenvalue weighted by Gasteiger charge is -2.19. The Bertz CT molecular complexity index is 598. The van der Waals surface area contributed by atoms with Crippen LogP contribution < -0.4 is 10.2 Å². The van der Waals surface area contributed by atoms with E-state index in [-0.39, 0.29) is 0 Å². The summed E-state index contributed by atoms with van der Waals surface area (Å²) >= 11 is 0. The molecule has 1 aromatic carbocycles. The molecule has 0 aliphatic heterocycles. The molecule has 0 bridgehead atoms. The summed E-state index contributed by atoms with van der Waals surface area (Å²) in [5, 5.41) is 3.39. The highest BCUT2D eigenvalue weighted by Gasteiger charge is 2.08. The van der Waals surface area contributed by atoms with Gasteiger partial charge in [-0.05, 0) is 57.9 Å². The lowest BCUT2D eigenvalue weighted by molar-refractivity contribution is 0.817. The van der Waals surface area contributed by atoms with E-state index in [9.17, 15) is 0 Å². The van der Waals surface area contributed by atoms with Gasteiger partial charge in [0, 0.05) is 30.5 Å². The van der Waals surface area contributed by atoms with Crippen molar-refractivity contribution in [3.05, 3.63) is 41.1 Å². The lowest BCUT2D eigenvalue weighted by Crippen LogP contribution is -2.24. The van der Waals surface area contributed by atoms with Gasteiger partial charge in [-0.1, -0.05) is 6.07 Å². The Labute approximate surface area is 127 Å². The van der Waals surface area contributed by atoms with Gasteiger partial charge < -0.3 is 10.2 Å². The van der Waals surface area contributed by atoms with Crippen molar-refractivity contribution in [1.82, 2.24) is 9.97 Å². The summed E-state index contributed by atoms with van der Waals surface area (Å²) < 4.78 is 0. The number of benzene rings is 1. The van der Waals surface area contributed by atoms with Crippen molar-refractivity contribution in [2.75, 3.05) is 23.3 Å². The number of aromatic nitrogens is 2. The van der Waals surface area contributed by atoms with Crippen molar-refractivity contribution in [2.45, 2.75) is 34.6 Å². The minimum atomic E-state index is 0.784. The van der Waals surface area contributed by atoms with Crippen LogP contribution >= 0.6 is 0 Å². The Hall–Kier alpha value is -2.10. The highest BCUT2D eigenvalue weighted by atomic mass is 15.3. The normalized spacial score (nSPS) is 10.5. The molecular weight excluding hydrogens is 260 g/mol. The number of hydrogen-bond donors (Lipinski definition) is 1. The standard InChI is InChI=1S/C17H24N4/c1-6-21(7-2)17-18-14(5)11-16(20-17)19-15-9-12(3)8-13(4)10-15/h8-11H,6-7H2,1-5H3,(H,18,19,20). The van der Waals surface area contributed by atoms with Crippen LogP contribution in [0.4, 0.5) is 17.5 Å². The monoisotopic (exact) mass is 284 g/mol. The zero-order chi connectivity index (χ0) is 15.4. The molecule has 1 heterocycles. The average Bonchev–Trinajstić information content (AvgIpc) is 2.38. The molecule has 0 spiro atoms. The maximum absolute atomic E-state index is 4.63. The zero-order valence-electron chi connectivity index (χ0n) is 13.6. The van der Waals surface area contributed by atoms with Crippen molar-refractivity contribution in [2.24, 2.45) is 0 Å². The van der Waals surface area contributed by atoms with Crippen molar-refractivity contribution < 1.29 is 0 Å². The van der Waals surface area contributed by atoms with Crippen molar-refractivity contribution in [3.8, 4) is 0 Å². The van der Waals surface area contributed by atoms with Gasteiger partial charge in [-0.15, -0.1) is 0 Å². The van der Waals surface area contributed by atoms with Crippen LogP contribution in [0, 0.1) is 20.8 Å². The highest BCUT2D eigenvalue weighted by Crippen LogP contribution is 2.20. The van der Waals surface area contributed by atoms with Crippen LogP contribution in [-0.4, -0.2) is 23.1 Å². The molecule has 1 aromatic heterocycles. The number of rotatable bonds is 5. The number of aryl methyl sites for hydroxylation is 3. The molecule has 2 rings (SSSR count). The van der Waals surface area contributed by atoms with Gasteiger partial charge in [-0.2, -0.15) is 4.98 Å². The van der Waals surface area contributed by atoms with Gasteiger partial charge in [0.25, 0.3) is 0 Å². The summed E-state index contributed by atoms with van der Waals surface area (Å²) in [6.45, 7) is 12.3. The zero-order valence-corrected chi connectivity index (χ0v) is 13.6. The Balaban J connectivity index is 2.31. The van der Waals surface area contributed by atoms with Crippen molar-refractivity contribution in [3.63, 3.8) is 0 Å². The molecule has 0 unspecified atom stereocenters. The smallest absolute Gasteiger partial charge is 0.227 e. The topological polar surface area (TPSA) is 41.1 Å². The summed E-state index contributed by atoms with van der Waals surface area (Å²) in [6.07, 6.45) is 0. The Kier molecular flexibility index (Phi) is 4.78. The minimum Gasteiger partial charge on any atom is -0.341 e. The second kappa shape index (κ2) is 6.57. The first kappa shape index (κ1) is 15.3. The van der Waals surface area contributed by atoms with Crippen LogP contribution in [-0.2, 0) is 0 Å². The first-order chi connectivity index (χ1) is 10.0. The van der Waals surface area contributed by atoms with Gasteiger partial charge in [0.15, 0.2) is 0 Å². The van der Waals surface area contributed by atoms with Gasteiger partial charge in [0.05, 0.1) is 0 Å². The van der Waals surface area contributed by atoms with E-state index in [0.29, 0.717) is 0 Å². The van der Waals surface area contributed by atoms with E-state index in [1.54, 1.807) is 0 Å². The highest BCUT2D eigenvalue weighted by molar-refractivity contribution is 5.59. The summed E-state index contributed by atoms with van der Waals surface area (Å²) in [7, 11) is 0. The van der Waals surface area contributed by atoms with E-state index < -0.39 is 0 Å². The molecule has 0 radical (unpaired) electrons. The van der Waals surface area contributed by atoms with Crippen LogP contribution in [0.2, 0.25) is 0 Å². The molecule has 1 N–H and O–H groups in total. The third kappa shape index (κ3) is 3.94. The van der Waals surface area contributed by atoms with E-state index in [0.717, 1.165) is 36.2 Å². The van der Waals surface area contributed by atoms with Crippen molar-refractivity contribution in [1.29, 1.82) is 0 Å². The molecule has 0 aliphatic carbocycles. The van der Waals surface area contributed by atoms with Gasteiger partial charge in [-0.3, -0.25) is 0 Å². The summed E-state index contributed by atoms with van der Waals surface area (Å²) in [5.41, 5.74) is 4.52. The fourth-order valence-corrected chi connectivity index (χ4v) is 2.46. The summed E-state index contributed by atoms with van der Waals surface area (Å²) in [4.78, 5) is 11.3.